The Labute approximate surface area is 115 Å². The second kappa shape index (κ2) is 7.25. The van der Waals surface area contributed by atoms with Gasteiger partial charge in [0.25, 0.3) is 0 Å². The molecule has 0 fully saturated rings. The molecule has 0 amide bonds. The van der Waals surface area contributed by atoms with Gasteiger partial charge in [0.15, 0.2) is 0 Å². The molecule has 96 valence electrons. The van der Waals surface area contributed by atoms with Gasteiger partial charge in [-0.3, -0.25) is 0 Å². The van der Waals surface area contributed by atoms with Crippen molar-refractivity contribution in [3.63, 3.8) is 0 Å². The van der Waals surface area contributed by atoms with Crippen molar-refractivity contribution in [3.8, 4) is 0 Å². The Morgan fingerprint density at radius 2 is 1.82 bits per heavy atom. The molecule has 0 saturated carbocycles. The summed E-state index contributed by atoms with van der Waals surface area (Å²) in [7, 11) is 2.02. The summed E-state index contributed by atoms with van der Waals surface area (Å²) in [6, 6.07) is 6.39. The van der Waals surface area contributed by atoms with Crippen LogP contribution in [0.1, 0.15) is 32.3 Å². The zero-order valence-electron chi connectivity index (χ0n) is 10.8. The highest BCUT2D eigenvalue weighted by atomic mass is 35.5. The normalized spacial score (nSPS) is 13.1. The van der Waals surface area contributed by atoms with Crippen LogP contribution in [-0.2, 0) is 6.42 Å². The van der Waals surface area contributed by atoms with E-state index in [-0.39, 0.29) is 0 Å². The molecular formula is C14H21Cl2N. The first kappa shape index (κ1) is 14.8. The molecule has 0 saturated heterocycles. The minimum atomic E-state index is 0.509. The summed E-state index contributed by atoms with van der Waals surface area (Å²) in [5.74, 6) is 0.750. The van der Waals surface area contributed by atoms with Crippen molar-refractivity contribution in [1.82, 2.24) is 5.32 Å². The van der Waals surface area contributed by atoms with Crippen LogP contribution in [-0.4, -0.2) is 13.1 Å². The molecule has 0 aliphatic rings. The van der Waals surface area contributed by atoms with E-state index in [9.17, 15) is 0 Å². The van der Waals surface area contributed by atoms with Gasteiger partial charge in [-0.25, -0.2) is 0 Å². The molecule has 1 atom stereocenters. The molecule has 0 aliphatic carbocycles. The van der Waals surface area contributed by atoms with Gasteiger partial charge in [0.05, 0.1) is 10.0 Å². The molecule has 0 aliphatic heterocycles. The van der Waals surface area contributed by atoms with E-state index in [1.807, 2.05) is 25.2 Å². The van der Waals surface area contributed by atoms with Gasteiger partial charge in [0.1, 0.15) is 0 Å². The van der Waals surface area contributed by atoms with Gasteiger partial charge in [-0.05, 0) is 49.9 Å². The minimum absolute atomic E-state index is 0.509. The molecule has 1 N–H and O–H groups in total. The Morgan fingerprint density at radius 1 is 1.12 bits per heavy atom. The Hall–Kier alpha value is -0.240. The van der Waals surface area contributed by atoms with E-state index in [0.29, 0.717) is 16.1 Å². The predicted molar refractivity (Wildman–Crippen MR) is 77.1 cm³/mol. The highest BCUT2D eigenvalue weighted by Gasteiger charge is 2.09. The topological polar surface area (TPSA) is 12.0 Å². The molecule has 1 aromatic rings. The molecule has 3 heteroatoms. The average Bonchev–Trinajstić information content (AvgIpc) is 2.28. The zero-order valence-corrected chi connectivity index (χ0v) is 12.3. The van der Waals surface area contributed by atoms with Crippen LogP contribution in [0.25, 0.3) is 0 Å². The van der Waals surface area contributed by atoms with Crippen molar-refractivity contribution in [2.24, 2.45) is 5.92 Å². The second-order valence-electron chi connectivity index (χ2n) is 4.91. The maximum Gasteiger partial charge on any atom is 0.0595 e. The van der Waals surface area contributed by atoms with Crippen LogP contribution in [0.15, 0.2) is 18.2 Å². The van der Waals surface area contributed by atoms with Crippen LogP contribution >= 0.6 is 23.2 Å². The van der Waals surface area contributed by atoms with Crippen molar-refractivity contribution < 1.29 is 0 Å². The summed E-state index contributed by atoms with van der Waals surface area (Å²) >= 11 is 11.9. The largest absolute Gasteiger partial charge is 0.317 e. The van der Waals surface area contributed by atoms with Crippen molar-refractivity contribution >= 4 is 23.2 Å². The molecule has 0 radical (unpaired) electrons. The number of rotatable bonds is 6. The maximum atomic E-state index is 6.02. The Kier molecular flexibility index (Phi) is 6.32. The first-order chi connectivity index (χ1) is 8.02. The number of likely N-dealkylation sites (N-methyl/N-ethyl adjacent to an activating group) is 1. The van der Waals surface area contributed by atoms with Gasteiger partial charge in [-0.1, -0.05) is 43.1 Å². The molecular weight excluding hydrogens is 253 g/mol. The van der Waals surface area contributed by atoms with Gasteiger partial charge in [-0.2, -0.15) is 0 Å². The fourth-order valence-corrected chi connectivity index (χ4v) is 2.15. The van der Waals surface area contributed by atoms with E-state index in [4.69, 9.17) is 23.2 Å². The number of hydrogen-bond acceptors (Lipinski definition) is 1. The third-order valence-corrected chi connectivity index (χ3v) is 3.71. The lowest BCUT2D eigenvalue weighted by molar-refractivity contribution is 0.451. The quantitative estimate of drug-likeness (QED) is 0.801. The van der Waals surface area contributed by atoms with Crippen molar-refractivity contribution in [2.45, 2.75) is 39.2 Å². The minimum Gasteiger partial charge on any atom is -0.317 e. The summed E-state index contributed by atoms with van der Waals surface area (Å²) in [6.07, 6.45) is 3.43. The molecule has 1 rings (SSSR count). The zero-order chi connectivity index (χ0) is 12.8. The number of halogens is 2. The van der Waals surface area contributed by atoms with Crippen LogP contribution in [0.2, 0.25) is 10.0 Å². The monoisotopic (exact) mass is 273 g/mol. The SMILES string of the molecule is CNC(CCC(C)C)Cc1ccc(Cl)c(Cl)c1. The summed E-state index contributed by atoms with van der Waals surface area (Å²) in [6.45, 7) is 4.51. The fourth-order valence-electron chi connectivity index (χ4n) is 1.83. The lowest BCUT2D eigenvalue weighted by Gasteiger charge is -2.17. The van der Waals surface area contributed by atoms with E-state index >= 15 is 0 Å². The molecule has 1 aromatic carbocycles. The molecule has 1 unspecified atom stereocenters. The fraction of sp³-hybridized carbons (Fsp3) is 0.571. The van der Waals surface area contributed by atoms with E-state index in [2.05, 4.69) is 19.2 Å². The molecule has 1 nitrogen and oxygen atoms in total. The first-order valence-corrected chi connectivity index (χ1v) is 6.89. The Bertz CT molecular complexity index is 350. The lowest BCUT2D eigenvalue weighted by Crippen LogP contribution is -2.27. The molecule has 0 heterocycles. The van der Waals surface area contributed by atoms with Crippen LogP contribution in [0.3, 0.4) is 0 Å². The average molecular weight is 274 g/mol. The summed E-state index contributed by atoms with van der Waals surface area (Å²) in [5.41, 5.74) is 1.24. The number of hydrogen-bond donors (Lipinski definition) is 1. The summed E-state index contributed by atoms with van der Waals surface area (Å²) < 4.78 is 0. The Balaban J connectivity index is 2.57. The van der Waals surface area contributed by atoms with Gasteiger partial charge in [0, 0.05) is 6.04 Å². The predicted octanol–water partition coefficient (Wildman–Crippen LogP) is 4.56. The molecule has 0 spiro atoms. The lowest BCUT2D eigenvalue weighted by atomic mass is 9.98. The van der Waals surface area contributed by atoms with Gasteiger partial charge < -0.3 is 5.32 Å². The van der Waals surface area contributed by atoms with Crippen LogP contribution in [0.4, 0.5) is 0 Å². The third kappa shape index (κ3) is 5.29. The third-order valence-electron chi connectivity index (χ3n) is 2.97. The van der Waals surface area contributed by atoms with Gasteiger partial charge in [0.2, 0.25) is 0 Å². The number of benzene rings is 1. The van der Waals surface area contributed by atoms with E-state index in [1.165, 1.54) is 18.4 Å². The number of nitrogens with one attached hydrogen (secondary N) is 1. The van der Waals surface area contributed by atoms with Crippen molar-refractivity contribution in [2.75, 3.05) is 7.05 Å². The van der Waals surface area contributed by atoms with Crippen LogP contribution < -0.4 is 5.32 Å². The highest BCUT2D eigenvalue weighted by molar-refractivity contribution is 6.42. The highest BCUT2D eigenvalue weighted by Crippen LogP contribution is 2.23. The maximum absolute atomic E-state index is 6.02. The second-order valence-corrected chi connectivity index (χ2v) is 5.72. The molecule has 0 aromatic heterocycles. The van der Waals surface area contributed by atoms with Crippen molar-refractivity contribution in [1.29, 1.82) is 0 Å². The summed E-state index contributed by atoms with van der Waals surface area (Å²) in [5, 5.41) is 4.63. The van der Waals surface area contributed by atoms with Crippen LogP contribution in [0, 0.1) is 5.92 Å². The smallest absolute Gasteiger partial charge is 0.0595 e. The molecule has 17 heavy (non-hydrogen) atoms. The van der Waals surface area contributed by atoms with Crippen molar-refractivity contribution in [3.05, 3.63) is 33.8 Å². The van der Waals surface area contributed by atoms with E-state index in [1.54, 1.807) is 0 Å². The van der Waals surface area contributed by atoms with E-state index < -0.39 is 0 Å². The van der Waals surface area contributed by atoms with Gasteiger partial charge >= 0.3 is 0 Å². The first-order valence-electron chi connectivity index (χ1n) is 6.14. The standard InChI is InChI=1S/C14H21Cl2N/c1-10(2)4-6-12(17-3)8-11-5-7-13(15)14(16)9-11/h5,7,9-10,12,17H,4,6,8H2,1-3H3. The molecule has 0 bridgehead atoms. The van der Waals surface area contributed by atoms with Gasteiger partial charge in [-0.15, -0.1) is 0 Å². The summed E-state index contributed by atoms with van der Waals surface area (Å²) in [4.78, 5) is 0. The Morgan fingerprint density at radius 3 is 2.35 bits per heavy atom. The van der Waals surface area contributed by atoms with E-state index in [0.717, 1.165) is 12.3 Å². The van der Waals surface area contributed by atoms with Crippen LogP contribution in [0.5, 0.6) is 0 Å².